The molecule has 158 valence electrons. The molecule has 3 fully saturated rings. The number of rotatable bonds is 4. The van der Waals surface area contributed by atoms with Crippen LogP contribution in [0.5, 0.6) is 0 Å². The maximum absolute atomic E-state index is 12.9. The smallest absolute Gasteiger partial charge is 0.223 e. The van der Waals surface area contributed by atoms with Gasteiger partial charge in [0.2, 0.25) is 11.9 Å². The van der Waals surface area contributed by atoms with E-state index in [0.717, 1.165) is 63.1 Å². The Morgan fingerprint density at radius 1 is 1.10 bits per heavy atom. The monoisotopic (exact) mass is 397 g/mol. The van der Waals surface area contributed by atoms with Crippen LogP contribution in [0.25, 0.3) is 0 Å². The second-order valence-corrected chi connectivity index (χ2v) is 10.1. The maximum atomic E-state index is 12.9. The number of carbonyl (C=O) groups excluding carboxylic acids is 1. The van der Waals surface area contributed by atoms with Crippen LogP contribution in [0.15, 0.2) is 0 Å². The molecule has 1 aromatic rings. The number of hydrogen-bond donors (Lipinski definition) is 1. The van der Waals surface area contributed by atoms with Crippen molar-refractivity contribution in [3.8, 4) is 0 Å². The molecule has 0 unspecified atom stereocenters. The fraction of sp³-hybridized carbons (Fsp3) is 0.783. The van der Waals surface area contributed by atoms with E-state index in [2.05, 4.69) is 28.6 Å². The maximum Gasteiger partial charge on any atom is 0.223 e. The fourth-order valence-corrected chi connectivity index (χ4v) is 6.52. The van der Waals surface area contributed by atoms with E-state index in [-0.39, 0.29) is 0 Å². The summed E-state index contributed by atoms with van der Waals surface area (Å²) in [6.45, 7) is 6.59. The number of nitrogens with two attached hydrogens (primary N) is 1. The van der Waals surface area contributed by atoms with Gasteiger partial charge in [-0.2, -0.15) is 4.98 Å². The Morgan fingerprint density at radius 3 is 2.76 bits per heavy atom. The summed E-state index contributed by atoms with van der Waals surface area (Å²) < 4.78 is 0. The summed E-state index contributed by atoms with van der Waals surface area (Å²) in [6.07, 6.45) is 9.80. The van der Waals surface area contributed by atoms with E-state index in [4.69, 9.17) is 10.7 Å². The van der Waals surface area contributed by atoms with Crippen LogP contribution in [0.3, 0.4) is 0 Å². The van der Waals surface area contributed by atoms with Gasteiger partial charge in [-0.25, -0.2) is 4.98 Å². The predicted octanol–water partition coefficient (Wildman–Crippen LogP) is 3.19. The summed E-state index contributed by atoms with van der Waals surface area (Å²) in [5.41, 5.74) is 8.57. The van der Waals surface area contributed by atoms with E-state index in [1.807, 2.05) is 0 Å². The fourth-order valence-electron chi connectivity index (χ4n) is 6.52. The first-order valence-electron chi connectivity index (χ1n) is 11.7. The van der Waals surface area contributed by atoms with Crippen molar-refractivity contribution >= 4 is 17.7 Å². The third kappa shape index (κ3) is 3.38. The summed E-state index contributed by atoms with van der Waals surface area (Å²) in [6, 6.07) is 0.807. The van der Waals surface area contributed by atoms with Gasteiger partial charge in [-0.05, 0) is 69.1 Å². The topological polar surface area (TPSA) is 75.4 Å². The van der Waals surface area contributed by atoms with Crippen molar-refractivity contribution in [2.75, 3.05) is 23.7 Å². The summed E-state index contributed by atoms with van der Waals surface area (Å²) in [5, 5.41) is 0. The second-order valence-electron chi connectivity index (χ2n) is 10.1. The molecule has 0 spiro atoms. The zero-order chi connectivity index (χ0) is 20.1. The lowest BCUT2D eigenvalue weighted by atomic mass is 9.70. The third-order valence-electron chi connectivity index (χ3n) is 7.76. The number of nitrogen functional groups attached to an aromatic ring is 1. The minimum Gasteiger partial charge on any atom is -0.368 e. The summed E-state index contributed by atoms with van der Waals surface area (Å²) >= 11 is 0. The molecule has 4 aliphatic rings. The molecule has 3 aliphatic heterocycles. The molecule has 1 aromatic heterocycles. The van der Waals surface area contributed by atoms with Gasteiger partial charge in [-0.3, -0.25) is 4.79 Å². The zero-order valence-electron chi connectivity index (χ0n) is 17.9. The molecule has 5 rings (SSSR count). The number of hydrogen-bond acceptors (Lipinski definition) is 5. The van der Waals surface area contributed by atoms with Gasteiger partial charge < -0.3 is 15.5 Å². The van der Waals surface area contributed by atoms with Crippen molar-refractivity contribution in [1.82, 2.24) is 14.9 Å². The van der Waals surface area contributed by atoms with Gasteiger partial charge >= 0.3 is 0 Å². The van der Waals surface area contributed by atoms with Gasteiger partial charge in [0.15, 0.2) is 0 Å². The Balaban J connectivity index is 1.46. The van der Waals surface area contributed by atoms with E-state index in [9.17, 15) is 4.79 Å². The van der Waals surface area contributed by atoms with E-state index in [0.29, 0.717) is 41.7 Å². The van der Waals surface area contributed by atoms with Crippen LogP contribution in [0.2, 0.25) is 0 Å². The standard InChI is InChI=1S/C23H35N5O/c1-14(2)9-10-20-16-11-15(19-7-4-8-21(29)28(19)20)12-27(13-16)22-17-5-3-6-18(17)25-23(24)26-22/h14-16,19-20H,3-13H2,1-2H3,(H2,24,25,26)/t15-,16+,19+,20+/m1/s1. The van der Waals surface area contributed by atoms with Crippen LogP contribution in [-0.4, -0.2) is 45.9 Å². The Labute approximate surface area is 174 Å². The van der Waals surface area contributed by atoms with Gasteiger partial charge in [0.05, 0.1) is 5.69 Å². The van der Waals surface area contributed by atoms with Crippen molar-refractivity contribution in [1.29, 1.82) is 0 Å². The predicted molar refractivity (Wildman–Crippen MR) is 115 cm³/mol. The van der Waals surface area contributed by atoms with E-state index < -0.39 is 0 Å². The number of nitrogens with zero attached hydrogens (tertiary/aromatic N) is 4. The van der Waals surface area contributed by atoms with Crippen LogP contribution in [-0.2, 0) is 17.6 Å². The van der Waals surface area contributed by atoms with Gasteiger partial charge in [0, 0.05) is 37.2 Å². The molecule has 0 saturated carbocycles. The number of aryl methyl sites for hydroxylation is 1. The Kier molecular flexibility index (Phi) is 4.91. The van der Waals surface area contributed by atoms with Crippen molar-refractivity contribution in [3.63, 3.8) is 0 Å². The molecule has 1 amide bonds. The molecular formula is C23H35N5O. The first-order valence-corrected chi connectivity index (χ1v) is 11.7. The van der Waals surface area contributed by atoms with Gasteiger partial charge in [-0.15, -0.1) is 0 Å². The molecule has 3 saturated heterocycles. The average Bonchev–Trinajstić information content (AvgIpc) is 3.15. The van der Waals surface area contributed by atoms with Crippen molar-refractivity contribution < 1.29 is 4.79 Å². The lowest BCUT2D eigenvalue weighted by Crippen LogP contribution is -2.65. The molecule has 4 heterocycles. The normalized spacial score (nSPS) is 31.2. The molecule has 0 aromatic carbocycles. The van der Waals surface area contributed by atoms with Crippen LogP contribution in [0.1, 0.15) is 70.1 Å². The minimum absolute atomic E-state index is 0.390. The molecule has 29 heavy (non-hydrogen) atoms. The number of amides is 1. The highest BCUT2D eigenvalue weighted by molar-refractivity contribution is 5.78. The summed E-state index contributed by atoms with van der Waals surface area (Å²) in [5.74, 6) is 3.70. The Morgan fingerprint density at radius 2 is 1.93 bits per heavy atom. The molecule has 4 atom stereocenters. The van der Waals surface area contributed by atoms with Gasteiger partial charge in [0.1, 0.15) is 5.82 Å². The Bertz CT molecular complexity index is 794. The molecule has 2 N–H and O–H groups in total. The second kappa shape index (κ2) is 7.44. The SMILES string of the molecule is CC(C)CC[C@H]1[C@H]2C[C@H](CN(c3nc(N)nc4c3CCC4)C2)[C@@H]2CCCC(=O)N21. The van der Waals surface area contributed by atoms with Gasteiger partial charge in [-0.1, -0.05) is 13.8 Å². The van der Waals surface area contributed by atoms with Crippen molar-refractivity contribution in [2.24, 2.45) is 17.8 Å². The highest BCUT2D eigenvalue weighted by atomic mass is 16.2. The van der Waals surface area contributed by atoms with Crippen LogP contribution in [0, 0.1) is 17.8 Å². The molecule has 6 nitrogen and oxygen atoms in total. The van der Waals surface area contributed by atoms with E-state index in [1.165, 1.54) is 24.8 Å². The first-order chi connectivity index (χ1) is 14.0. The quantitative estimate of drug-likeness (QED) is 0.844. The lowest BCUT2D eigenvalue weighted by molar-refractivity contribution is -0.149. The number of fused-ring (bicyclic) bond motifs is 5. The average molecular weight is 398 g/mol. The molecule has 1 aliphatic carbocycles. The molecular weight excluding hydrogens is 362 g/mol. The zero-order valence-corrected chi connectivity index (χ0v) is 17.9. The number of anilines is 2. The van der Waals surface area contributed by atoms with Crippen LogP contribution in [0.4, 0.5) is 11.8 Å². The third-order valence-corrected chi connectivity index (χ3v) is 7.76. The Hall–Kier alpha value is -1.85. The summed E-state index contributed by atoms with van der Waals surface area (Å²) in [4.78, 5) is 27.0. The number of carbonyl (C=O) groups is 1. The highest BCUT2D eigenvalue weighted by Crippen LogP contribution is 2.44. The minimum atomic E-state index is 0.390. The molecule has 0 radical (unpaired) electrons. The van der Waals surface area contributed by atoms with Crippen LogP contribution < -0.4 is 10.6 Å². The van der Waals surface area contributed by atoms with Crippen LogP contribution >= 0.6 is 0 Å². The molecule has 2 bridgehead atoms. The van der Waals surface area contributed by atoms with E-state index in [1.54, 1.807) is 0 Å². The van der Waals surface area contributed by atoms with E-state index >= 15 is 0 Å². The van der Waals surface area contributed by atoms with Crippen molar-refractivity contribution in [2.45, 2.75) is 83.7 Å². The number of aromatic nitrogens is 2. The van der Waals surface area contributed by atoms with Crippen molar-refractivity contribution in [3.05, 3.63) is 11.3 Å². The largest absolute Gasteiger partial charge is 0.368 e. The first kappa shape index (κ1) is 19.1. The lowest BCUT2D eigenvalue weighted by Gasteiger charge is -2.57. The molecule has 6 heteroatoms. The summed E-state index contributed by atoms with van der Waals surface area (Å²) in [7, 11) is 0. The number of piperidine rings is 3. The highest BCUT2D eigenvalue weighted by Gasteiger charge is 2.49. The van der Waals surface area contributed by atoms with Gasteiger partial charge in [0.25, 0.3) is 0 Å².